The van der Waals surface area contributed by atoms with Gasteiger partial charge in [-0.05, 0) is 12.1 Å². The highest BCUT2D eigenvalue weighted by Crippen LogP contribution is 2.28. The van der Waals surface area contributed by atoms with Crippen molar-refractivity contribution in [2.75, 3.05) is 5.73 Å². The molecule has 0 saturated carbocycles. The summed E-state index contributed by atoms with van der Waals surface area (Å²) >= 11 is 0. The molecule has 1 aromatic carbocycles. The minimum Gasteiger partial charge on any atom is -0.384 e. The Balaban J connectivity index is 2.26. The molecule has 0 aliphatic carbocycles. The Bertz CT molecular complexity index is 676. The number of H-pyrrole nitrogens is 1. The number of nitrogens with one attached hydrogen (secondary N) is 1. The first-order chi connectivity index (χ1) is 8.16. The molecule has 5 heteroatoms. The third kappa shape index (κ3) is 1.39. The van der Waals surface area contributed by atoms with Crippen molar-refractivity contribution in [2.45, 2.75) is 0 Å². The van der Waals surface area contributed by atoms with Gasteiger partial charge in [0.1, 0.15) is 5.82 Å². The van der Waals surface area contributed by atoms with Crippen molar-refractivity contribution in [2.24, 2.45) is 7.05 Å². The van der Waals surface area contributed by atoms with Crippen molar-refractivity contribution < 1.29 is 4.39 Å². The fourth-order valence-electron chi connectivity index (χ4n) is 1.90. The summed E-state index contributed by atoms with van der Waals surface area (Å²) < 4.78 is 15.7. The Morgan fingerprint density at radius 1 is 1.35 bits per heavy atom. The molecule has 86 valence electrons. The molecule has 4 nitrogen and oxygen atoms in total. The highest BCUT2D eigenvalue weighted by Gasteiger charge is 2.13. The van der Waals surface area contributed by atoms with Gasteiger partial charge in [-0.15, -0.1) is 0 Å². The van der Waals surface area contributed by atoms with Crippen molar-refractivity contribution in [1.29, 1.82) is 0 Å². The van der Waals surface area contributed by atoms with Gasteiger partial charge in [-0.3, -0.25) is 4.68 Å². The third-order valence-corrected chi connectivity index (χ3v) is 2.86. The molecule has 0 atom stereocenters. The molecule has 2 heterocycles. The lowest BCUT2D eigenvalue weighted by molar-refractivity contribution is 0.639. The molecule has 0 aliphatic heterocycles. The summed E-state index contributed by atoms with van der Waals surface area (Å²) in [5, 5.41) is 5.01. The van der Waals surface area contributed by atoms with Crippen LogP contribution in [0.1, 0.15) is 0 Å². The number of hydrogen-bond acceptors (Lipinski definition) is 2. The van der Waals surface area contributed by atoms with Crippen LogP contribution in [0.15, 0.2) is 30.5 Å². The van der Waals surface area contributed by atoms with Crippen LogP contribution in [0, 0.1) is 5.82 Å². The van der Waals surface area contributed by atoms with Gasteiger partial charge >= 0.3 is 0 Å². The van der Waals surface area contributed by atoms with Crippen LogP contribution in [0.25, 0.3) is 22.2 Å². The van der Waals surface area contributed by atoms with E-state index in [0.29, 0.717) is 22.6 Å². The molecule has 0 fully saturated rings. The molecular formula is C12H11FN4. The first kappa shape index (κ1) is 9.89. The molecule has 0 bridgehead atoms. The lowest BCUT2D eigenvalue weighted by Crippen LogP contribution is -1.96. The molecular weight excluding hydrogens is 219 g/mol. The van der Waals surface area contributed by atoms with Crippen molar-refractivity contribution >= 4 is 16.7 Å². The lowest BCUT2D eigenvalue weighted by Gasteiger charge is -2.00. The van der Waals surface area contributed by atoms with E-state index in [1.165, 1.54) is 4.68 Å². The number of halogens is 1. The maximum absolute atomic E-state index is 14.2. The SMILES string of the molecule is Cn1nc(-c2ccc3cc[nH]c3c2F)cc1N. The molecule has 3 N–H and O–H groups in total. The maximum atomic E-state index is 14.2. The van der Waals surface area contributed by atoms with E-state index in [1.54, 1.807) is 25.4 Å². The molecule has 3 rings (SSSR count). The molecule has 0 unspecified atom stereocenters. The monoisotopic (exact) mass is 230 g/mol. The number of anilines is 1. The smallest absolute Gasteiger partial charge is 0.156 e. The van der Waals surface area contributed by atoms with Crippen LogP contribution in [0.3, 0.4) is 0 Å². The molecule has 17 heavy (non-hydrogen) atoms. The molecule has 0 amide bonds. The number of aryl methyl sites for hydroxylation is 1. The van der Waals surface area contributed by atoms with Crippen LogP contribution < -0.4 is 5.73 Å². The van der Waals surface area contributed by atoms with Gasteiger partial charge in [0.15, 0.2) is 5.82 Å². The first-order valence-electron chi connectivity index (χ1n) is 5.22. The van der Waals surface area contributed by atoms with E-state index in [-0.39, 0.29) is 5.82 Å². The zero-order valence-corrected chi connectivity index (χ0v) is 9.24. The first-order valence-corrected chi connectivity index (χ1v) is 5.22. The predicted octanol–water partition coefficient (Wildman–Crippen LogP) is 2.29. The Kier molecular flexibility index (Phi) is 1.95. The van der Waals surface area contributed by atoms with Crippen molar-refractivity contribution in [3.8, 4) is 11.3 Å². The Morgan fingerprint density at radius 3 is 2.88 bits per heavy atom. The van der Waals surface area contributed by atoms with E-state index >= 15 is 0 Å². The normalized spacial score (nSPS) is 11.2. The van der Waals surface area contributed by atoms with Crippen molar-refractivity contribution in [1.82, 2.24) is 14.8 Å². The van der Waals surface area contributed by atoms with Gasteiger partial charge in [0.05, 0.1) is 11.2 Å². The van der Waals surface area contributed by atoms with Gasteiger partial charge in [-0.1, -0.05) is 6.07 Å². The van der Waals surface area contributed by atoms with Crippen LogP contribution in [0.5, 0.6) is 0 Å². The quantitative estimate of drug-likeness (QED) is 0.673. The van der Waals surface area contributed by atoms with Gasteiger partial charge in [-0.25, -0.2) is 4.39 Å². The average molecular weight is 230 g/mol. The van der Waals surface area contributed by atoms with E-state index in [9.17, 15) is 4.39 Å². The predicted molar refractivity (Wildman–Crippen MR) is 64.9 cm³/mol. The van der Waals surface area contributed by atoms with Gasteiger partial charge < -0.3 is 10.7 Å². The van der Waals surface area contributed by atoms with E-state index in [4.69, 9.17) is 5.73 Å². The minimum absolute atomic E-state index is 0.300. The number of rotatable bonds is 1. The van der Waals surface area contributed by atoms with Crippen molar-refractivity contribution in [3.05, 3.63) is 36.3 Å². The molecule has 3 aromatic rings. The van der Waals surface area contributed by atoms with Crippen LogP contribution in [0.2, 0.25) is 0 Å². The third-order valence-electron chi connectivity index (χ3n) is 2.86. The fourth-order valence-corrected chi connectivity index (χ4v) is 1.90. The number of fused-ring (bicyclic) bond motifs is 1. The van der Waals surface area contributed by atoms with Gasteiger partial charge in [0.25, 0.3) is 0 Å². The van der Waals surface area contributed by atoms with Gasteiger partial charge in [-0.2, -0.15) is 5.10 Å². The topological polar surface area (TPSA) is 59.6 Å². The molecule has 0 radical (unpaired) electrons. The minimum atomic E-state index is -0.300. The van der Waals surface area contributed by atoms with Gasteiger partial charge in [0, 0.05) is 30.3 Å². The van der Waals surface area contributed by atoms with E-state index < -0.39 is 0 Å². The van der Waals surface area contributed by atoms with Gasteiger partial charge in [0.2, 0.25) is 0 Å². The van der Waals surface area contributed by atoms with Crippen LogP contribution in [-0.2, 0) is 7.05 Å². The highest BCUT2D eigenvalue weighted by molar-refractivity contribution is 5.85. The van der Waals surface area contributed by atoms with Crippen LogP contribution in [0.4, 0.5) is 10.2 Å². The number of nitrogens with zero attached hydrogens (tertiary/aromatic N) is 2. The van der Waals surface area contributed by atoms with E-state index in [0.717, 1.165) is 5.39 Å². The van der Waals surface area contributed by atoms with Crippen molar-refractivity contribution in [3.63, 3.8) is 0 Å². The summed E-state index contributed by atoms with van der Waals surface area (Å²) in [5.74, 6) is 0.205. The number of nitrogens with two attached hydrogens (primary N) is 1. The number of nitrogen functional groups attached to an aromatic ring is 1. The summed E-state index contributed by atoms with van der Waals surface area (Å²) in [6.45, 7) is 0. The Labute approximate surface area is 96.9 Å². The lowest BCUT2D eigenvalue weighted by atomic mass is 10.1. The highest BCUT2D eigenvalue weighted by atomic mass is 19.1. The van der Waals surface area contributed by atoms with Crippen LogP contribution in [-0.4, -0.2) is 14.8 Å². The second-order valence-corrected chi connectivity index (χ2v) is 3.95. The number of benzene rings is 1. The summed E-state index contributed by atoms with van der Waals surface area (Å²) in [7, 11) is 1.73. The summed E-state index contributed by atoms with van der Waals surface area (Å²) in [6.07, 6.45) is 1.71. The summed E-state index contributed by atoms with van der Waals surface area (Å²) in [5.41, 5.74) is 7.18. The summed E-state index contributed by atoms with van der Waals surface area (Å²) in [4.78, 5) is 2.88. The molecule has 0 aliphatic rings. The maximum Gasteiger partial charge on any atom is 0.156 e. The fraction of sp³-hybridized carbons (Fsp3) is 0.0833. The standard InChI is InChI=1S/C12H11FN4/c1-17-10(14)6-9(16-17)8-3-2-7-4-5-15-12(7)11(8)13/h2-6,15H,14H2,1H3. The molecule has 2 aromatic heterocycles. The molecule has 0 saturated heterocycles. The second-order valence-electron chi connectivity index (χ2n) is 3.95. The van der Waals surface area contributed by atoms with E-state index in [2.05, 4.69) is 10.1 Å². The zero-order chi connectivity index (χ0) is 12.0. The van der Waals surface area contributed by atoms with E-state index in [1.807, 2.05) is 12.1 Å². The zero-order valence-electron chi connectivity index (χ0n) is 9.24. The second kappa shape index (κ2) is 3.35. The number of aromatic nitrogens is 3. The largest absolute Gasteiger partial charge is 0.384 e. The average Bonchev–Trinajstić information content (AvgIpc) is 2.88. The Morgan fingerprint density at radius 2 is 2.18 bits per heavy atom. The molecule has 0 spiro atoms. The number of aromatic amines is 1. The summed E-state index contributed by atoms with van der Waals surface area (Å²) in [6, 6.07) is 7.06. The number of hydrogen-bond donors (Lipinski definition) is 2. The van der Waals surface area contributed by atoms with Crippen LogP contribution >= 0.6 is 0 Å². The Hall–Kier alpha value is -2.30.